The van der Waals surface area contributed by atoms with E-state index in [0.717, 1.165) is 18.7 Å². The van der Waals surface area contributed by atoms with E-state index in [4.69, 9.17) is 4.74 Å². The molecule has 0 aromatic heterocycles. The number of fused-ring (bicyclic) bond motifs is 1. The Bertz CT molecular complexity index is 646. The van der Waals surface area contributed by atoms with Gasteiger partial charge in [0.25, 0.3) is 0 Å². The maximum atomic E-state index is 11.7. The van der Waals surface area contributed by atoms with Crippen molar-refractivity contribution < 1.29 is 17.9 Å². The molecule has 0 radical (unpaired) electrons. The molecule has 23 heavy (non-hydrogen) atoms. The van der Waals surface area contributed by atoms with Crippen LogP contribution in [0.1, 0.15) is 23.6 Å². The van der Waals surface area contributed by atoms with Crippen LogP contribution in [0.2, 0.25) is 0 Å². The highest BCUT2D eigenvalue weighted by Gasteiger charge is 2.13. The van der Waals surface area contributed by atoms with Crippen molar-refractivity contribution in [3.05, 3.63) is 34.9 Å². The van der Waals surface area contributed by atoms with Gasteiger partial charge in [-0.1, -0.05) is 18.2 Å². The van der Waals surface area contributed by atoms with Crippen LogP contribution in [0.25, 0.3) is 0 Å². The number of rotatable bonds is 9. The molecule has 0 fully saturated rings. The molecule has 0 atom stereocenters. The van der Waals surface area contributed by atoms with Gasteiger partial charge in [0, 0.05) is 26.2 Å². The molecular weight excluding hydrogens is 318 g/mol. The summed E-state index contributed by atoms with van der Waals surface area (Å²) in [6.45, 7) is 4.22. The van der Waals surface area contributed by atoms with Gasteiger partial charge in [-0.3, -0.25) is 4.79 Å². The molecule has 0 aliphatic carbocycles. The predicted octanol–water partition coefficient (Wildman–Crippen LogP) is -0.138. The number of carbonyl (C=O) groups excluding carboxylic acids is 1. The van der Waals surface area contributed by atoms with Crippen LogP contribution in [0, 0.1) is 0 Å². The lowest BCUT2D eigenvalue weighted by Gasteiger charge is -2.09. The lowest BCUT2D eigenvalue weighted by Crippen LogP contribution is -2.38. The van der Waals surface area contributed by atoms with Crippen molar-refractivity contribution in [1.82, 2.24) is 15.4 Å². The smallest absolute Gasteiger partial charge is 0.235 e. The first-order chi connectivity index (χ1) is 11.0. The van der Waals surface area contributed by atoms with E-state index < -0.39 is 10.0 Å². The zero-order valence-electron chi connectivity index (χ0n) is 13.2. The summed E-state index contributed by atoms with van der Waals surface area (Å²) in [5.41, 5.74) is 3.52. The van der Waals surface area contributed by atoms with Gasteiger partial charge in [-0.05, 0) is 23.6 Å². The summed E-state index contributed by atoms with van der Waals surface area (Å²) >= 11 is 0. The second-order valence-corrected chi connectivity index (χ2v) is 7.25. The highest BCUT2D eigenvalue weighted by molar-refractivity contribution is 7.89. The zero-order valence-corrected chi connectivity index (χ0v) is 14.0. The van der Waals surface area contributed by atoms with Crippen molar-refractivity contribution >= 4 is 15.9 Å². The Morgan fingerprint density at radius 3 is 2.87 bits per heavy atom. The van der Waals surface area contributed by atoms with E-state index in [2.05, 4.69) is 21.4 Å². The Morgan fingerprint density at radius 2 is 2.09 bits per heavy atom. The number of amides is 1. The molecule has 0 bridgehead atoms. The Hall–Kier alpha value is -1.48. The summed E-state index contributed by atoms with van der Waals surface area (Å²) in [6.07, 6.45) is 0. The second kappa shape index (κ2) is 8.39. The molecule has 8 heteroatoms. The third kappa shape index (κ3) is 5.91. The second-order valence-electron chi connectivity index (χ2n) is 5.32. The summed E-state index contributed by atoms with van der Waals surface area (Å²) < 4.78 is 30.5. The normalized spacial score (nSPS) is 13.8. The molecule has 7 nitrogen and oxygen atoms in total. The predicted molar refractivity (Wildman–Crippen MR) is 87.1 cm³/mol. The largest absolute Gasteiger partial charge is 0.381 e. The standard InChI is InChI=1S/C15H23N3O4S/c1-2-22-5-6-23(20,21)18-11-15(19)17-8-12-3-4-13-9-16-10-14(13)7-12/h3-4,7,16,18H,2,5-6,8-11H2,1H3,(H,17,19). The molecule has 1 aliphatic rings. The van der Waals surface area contributed by atoms with Crippen LogP contribution in [0.3, 0.4) is 0 Å². The number of carbonyl (C=O) groups is 1. The van der Waals surface area contributed by atoms with E-state index in [9.17, 15) is 13.2 Å². The fourth-order valence-electron chi connectivity index (χ4n) is 2.28. The SMILES string of the molecule is CCOCCS(=O)(=O)NCC(=O)NCc1ccc2c(c1)CNC2. The first kappa shape index (κ1) is 17.9. The third-order valence-corrected chi connectivity index (χ3v) is 4.83. The van der Waals surface area contributed by atoms with E-state index in [1.165, 1.54) is 11.1 Å². The van der Waals surface area contributed by atoms with Crippen LogP contribution in [-0.4, -0.2) is 39.8 Å². The van der Waals surface area contributed by atoms with Crippen LogP contribution in [0.5, 0.6) is 0 Å². The van der Waals surface area contributed by atoms with Gasteiger partial charge in [0.05, 0.1) is 18.9 Å². The summed E-state index contributed by atoms with van der Waals surface area (Å²) in [5, 5.41) is 5.98. The molecule has 128 valence electrons. The lowest BCUT2D eigenvalue weighted by molar-refractivity contribution is -0.120. The average molecular weight is 341 g/mol. The van der Waals surface area contributed by atoms with Crippen molar-refractivity contribution in [1.29, 1.82) is 0 Å². The minimum Gasteiger partial charge on any atom is -0.381 e. The van der Waals surface area contributed by atoms with Crippen molar-refractivity contribution in [2.24, 2.45) is 0 Å². The fraction of sp³-hybridized carbons (Fsp3) is 0.533. The van der Waals surface area contributed by atoms with E-state index in [1.807, 2.05) is 12.1 Å². The summed E-state index contributed by atoms with van der Waals surface area (Å²) in [5.74, 6) is -0.505. The summed E-state index contributed by atoms with van der Waals surface area (Å²) in [4.78, 5) is 11.7. The molecule has 0 unspecified atom stereocenters. The highest BCUT2D eigenvalue weighted by atomic mass is 32.2. The van der Waals surface area contributed by atoms with Crippen LogP contribution in [0.4, 0.5) is 0 Å². The van der Waals surface area contributed by atoms with Gasteiger partial charge in [0.1, 0.15) is 0 Å². The van der Waals surface area contributed by atoms with Crippen LogP contribution < -0.4 is 15.4 Å². The third-order valence-electron chi connectivity index (χ3n) is 3.54. The summed E-state index contributed by atoms with van der Waals surface area (Å²) in [6, 6.07) is 6.08. The first-order valence-electron chi connectivity index (χ1n) is 7.63. The topological polar surface area (TPSA) is 96.5 Å². The van der Waals surface area contributed by atoms with Crippen LogP contribution >= 0.6 is 0 Å². The molecule has 1 aromatic rings. The van der Waals surface area contributed by atoms with Crippen molar-refractivity contribution in [3.8, 4) is 0 Å². The maximum Gasteiger partial charge on any atom is 0.235 e. The molecule has 1 aliphatic heterocycles. The van der Waals surface area contributed by atoms with Gasteiger partial charge in [-0.15, -0.1) is 0 Å². The Labute approximate surface area is 136 Å². The molecule has 3 N–H and O–H groups in total. The van der Waals surface area contributed by atoms with E-state index >= 15 is 0 Å². The molecular formula is C15H23N3O4S. The van der Waals surface area contributed by atoms with Gasteiger partial charge in [-0.25, -0.2) is 13.1 Å². The molecule has 1 heterocycles. The number of nitrogens with one attached hydrogen (secondary N) is 3. The number of benzene rings is 1. The average Bonchev–Trinajstić information content (AvgIpc) is 2.99. The van der Waals surface area contributed by atoms with E-state index in [0.29, 0.717) is 13.2 Å². The van der Waals surface area contributed by atoms with Crippen LogP contribution in [-0.2, 0) is 39.2 Å². The van der Waals surface area contributed by atoms with Crippen molar-refractivity contribution in [2.75, 3.05) is 25.5 Å². The Morgan fingerprint density at radius 1 is 1.30 bits per heavy atom. The molecule has 1 aromatic carbocycles. The monoisotopic (exact) mass is 341 g/mol. The number of sulfonamides is 1. The van der Waals surface area contributed by atoms with Crippen molar-refractivity contribution in [2.45, 2.75) is 26.6 Å². The van der Waals surface area contributed by atoms with Gasteiger partial charge < -0.3 is 15.4 Å². The minimum absolute atomic E-state index is 0.122. The lowest BCUT2D eigenvalue weighted by atomic mass is 10.1. The maximum absolute atomic E-state index is 11.7. The fourth-order valence-corrected chi connectivity index (χ4v) is 3.11. The van der Waals surface area contributed by atoms with Crippen LogP contribution in [0.15, 0.2) is 18.2 Å². The number of ether oxygens (including phenoxy) is 1. The Kier molecular flexibility index (Phi) is 6.52. The molecule has 0 spiro atoms. The van der Waals surface area contributed by atoms with E-state index in [1.54, 1.807) is 6.92 Å². The summed E-state index contributed by atoms with van der Waals surface area (Å²) in [7, 11) is -3.48. The van der Waals surface area contributed by atoms with E-state index in [-0.39, 0.29) is 24.8 Å². The molecule has 0 saturated heterocycles. The Balaban J connectivity index is 1.73. The molecule has 0 saturated carbocycles. The van der Waals surface area contributed by atoms with Crippen molar-refractivity contribution in [3.63, 3.8) is 0 Å². The molecule has 2 rings (SSSR count). The zero-order chi connectivity index (χ0) is 16.7. The van der Waals surface area contributed by atoms with Gasteiger partial charge >= 0.3 is 0 Å². The first-order valence-corrected chi connectivity index (χ1v) is 9.28. The van der Waals surface area contributed by atoms with Gasteiger partial charge in [0.2, 0.25) is 15.9 Å². The molecule has 1 amide bonds. The number of hydrogen-bond donors (Lipinski definition) is 3. The highest BCUT2D eigenvalue weighted by Crippen LogP contribution is 2.16. The van der Waals surface area contributed by atoms with Gasteiger partial charge in [0.15, 0.2) is 0 Å². The quantitative estimate of drug-likeness (QED) is 0.544. The number of hydrogen-bond acceptors (Lipinski definition) is 5. The van der Waals surface area contributed by atoms with Gasteiger partial charge in [-0.2, -0.15) is 0 Å². The minimum atomic E-state index is -3.48.